The molecule has 13 heavy (non-hydrogen) atoms. The van der Waals surface area contributed by atoms with E-state index in [9.17, 15) is 0 Å². The van der Waals surface area contributed by atoms with Gasteiger partial charge in [-0.05, 0) is 0 Å². The van der Waals surface area contributed by atoms with E-state index in [0.29, 0.717) is 6.54 Å². The van der Waals surface area contributed by atoms with E-state index in [-0.39, 0.29) is 37.7 Å². The van der Waals surface area contributed by atoms with Gasteiger partial charge in [0.25, 0.3) is 0 Å². The van der Waals surface area contributed by atoms with Gasteiger partial charge in [0.2, 0.25) is 0 Å². The summed E-state index contributed by atoms with van der Waals surface area (Å²) in [4.78, 5) is 0. The fourth-order valence-electron chi connectivity index (χ4n) is 1.39. The molecule has 1 radical (unpaired) electrons. The summed E-state index contributed by atoms with van der Waals surface area (Å²) in [5.74, 6) is 0. The Bertz CT molecular complexity index is 393. The smallest absolute Gasteiger partial charge is 0.00130 e. The molecule has 0 aliphatic carbocycles. The monoisotopic (exact) mass is 321 g/mol. The van der Waals surface area contributed by atoms with Crippen LogP contribution in [0.2, 0.25) is 0 Å². The van der Waals surface area contributed by atoms with Gasteiger partial charge in [-0.3, -0.25) is 0 Å². The van der Waals surface area contributed by atoms with Gasteiger partial charge in [-0.1, -0.05) is 12.1 Å². The number of hydrogen-bond acceptors (Lipinski definition) is 1. The molecule has 2 heteroatoms. The van der Waals surface area contributed by atoms with Crippen molar-refractivity contribution in [1.29, 1.82) is 0 Å². The van der Waals surface area contributed by atoms with Crippen LogP contribution in [-0.4, -0.2) is 0 Å². The summed E-state index contributed by atoms with van der Waals surface area (Å²) >= 11 is 0. The molecule has 1 nitrogen and oxygen atoms in total. The third-order valence-electron chi connectivity index (χ3n) is 2.02. The van der Waals surface area contributed by atoms with Crippen LogP contribution in [0.25, 0.3) is 10.8 Å². The molecule has 0 unspecified atom stereocenters. The maximum atomic E-state index is 5.60. The molecular formula is C11H10HoN-. The quantitative estimate of drug-likeness (QED) is 0.632. The van der Waals surface area contributed by atoms with Crippen LogP contribution >= 0.6 is 0 Å². The molecule has 0 amide bonds. The van der Waals surface area contributed by atoms with Crippen LogP contribution in [0.3, 0.4) is 0 Å². The van der Waals surface area contributed by atoms with Crippen LogP contribution in [0.5, 0.6) is 0 Å². The molecule has 0 spiro atoms. The Morgan fingerprint density at radius 2 is 1.92 bits per heavy atom. The molecule has 0 aliphatic rings. The van der Waals surface area contributed by atoms with Crippen molar-refractivity contribution in [3.8, 4) is 0 Å². The number of hydrogen-bond donors (Lipinski definition) is 1. The zero-order valence-corrected chi connectivity index (χ0v) is 8.98. The molecule has 71 valence electrons. The standard InChI is InChI=1S/C11H10N.Ho/c12-8-10-6-3-5-9-4-1-2-7-11(9)10;/h1-4,6-7H,8,12H2;/q-1;. The van der Waals surface area contributed by atoms with E-state index >= 15 is 0 Å². The van der Waals surface area contributed by atoms with Crippen LogP contribution in [-0.2, 0) is 6.54 Å². The van der Waals surface area contributed by atoms with Crippen LogP contribution in [0, 0.1) is 43.8 Å². The first kappa shape index (κ1) is 11.0. The molecule has 0 saturated carbocycles. The SMILES string of the molecule is NCc1cc[c-]c2ccccc12.[Ho]. The van der Waals surface area contributed by atoms with Gasteiger partial charge in [0.05, 0.1) is 0 Å². The van der Waals surface area contributed by atoms with E-state index in [4.69, 9.17) is 5.73 Å². The molecule has 2 aromatic rings. The van der Waals surface area contributed by atoms with Gasteiger partial charge in [0, 0.05) is 44.3 Å². The summed E-state index contributed by atoms with van der Waals surface area (Å²) in [6, 6.07) is 15.3. The van der Waals surface area contributed by atoms with Gasteiger partial charge in [0.1, 0.15) is 0 Å². The summed E-state index contributed by atoms with van der Waals surface area (Å²) in [6.07, 6.45) is 0. The number of fused-ring (bicyclic) bond motifs is 1. The Balaban J connectivity index is 0.000000845. The number of benzene rings is 2. The molecular weight excluding hydrogens is 311 g/mol. The summed E-state index contributed by atoms with van der Waals surface area (Å²) in [5.41, 5.74) is 6.79. The Hall–Kier alpha value is -0.0803. The molecule has 0 aliphatic heterocycles. The zero-order valence-electron chi connectivity index (χ0n) is 7.05. The van der Waals surface area contributed by atoms with E-state index in [1.54, 1.807) is 0 Å². The van der Waals surface area contributed by atoms with Crippen molar-refractivity contribution in [2.45, 2.75) is 6.54 Å². The van der Waals surface area contributed by atoms with Crippen molar-refractivity contribution in [2.24, 2.45) is 5.73 Å². The third kappa shape index (κ3) is 2.23. The zero-order chi connectivity index (χ0) is 8.39. The van der Waals surface area contributed by atoms with Gasteiger partial charge in [0.15, 0.2) is 0 Å². The Morgan fingerprint density at radius 3 is 2.69 bits per heavy atom. The second kappa shape index (κ2) is 4.96. The fourth-order valence-corrected chi connectivity index (χ4v) is 1.39. The van der Waals surface area contributed by atoms with Gasteiger partial charge in [-0.25, -0.2) is 0 Å². The van der Waals surface area contributed by atoms with Crippen LogP contribution < -0.4 is 5.73 Å². The first-order chi connectivity index (χ1) is 5.92. The molecule has 2 N–H and O–H groups in total. The van der Waals surface area contributed by atoms with E-state index in [1.165, 1.54) is 10.9 Å². The van der Waals surface area contributed by atoms with Crippen LogP contribution in [0.1, 0.15) is 5.56 Å². The van der Waals surface area contributed by atoms with Gasteiger partial charge in [-0.2, -0.15) is 0 Å². The molecule has 0 atom stereocenters. The summed E-state index contributed by atoms with van der Waals surface area (Å²) in [6.45, 7) is 0.592. The molecule has 0 bridgehead atoms. The van der Waals surface area contributed by atoms with Crippen LogP contribution in [0.15, 0.2) is 36.4 Å². The van der Waals surface area contributed by atoms with E-state index < -0.39 is 0 Å². The predicted molar refractivity (Wildman–Crippen MR) is 50.7 cm³/mol. The minimum Gasteiger partial charge on any atom is -0.328 e. The summed E-state index contributed by atoms with van der Waals surface area (Å²) in [7, 11) is 0. The number of rotatable bonds is 1. The molecule has 0 saturated heterocycles. The van der Waals surface area contributed by atoms with Crippen molar-refractivity contribution >= 4 is 10.8 Å². The average Bonchev–Trinajstić information content (AvgIpc) is 2.17. The topological polar surface area (TPSA) is 26.0 Å². The van der Waals surface area contributed by atoms with Gasteiger partial charge < -0.3 is 5.73 Å². The molecule has 2 rings (SSSR count). The van der Waals surface area contributed by atoms with Crippen molar-refractivity contribution in [3.05, 3.63) is 48.0 Å². The first-order valence-corrected chi connectivity index (χ1v) is 4.00. The predicted octanol–water partition coefficient (Wildman–Crippen LogP) is 2.10. The fraction of sp³-hybridized carbons (Fsp3) is 0.0909. The molecule has 0 heterocycles. The Labute approximate surface area is 108 Å². The van der Waals surface area contributed by atoms with Crippen molar-refractivity contribution < 1.29 is 37.7 Å². The second-order valence-corrected chi connectivity index (χ2v) is 2.75. The van der Waals surface area contributed by atoms with Crippen molar-refractivity contribution in [1.82, 2.24) is 0 Å². The number of nitrogens with two attached hydrogens (primary N) is 1. The van der Waals surface area contributed by atoms with E-state index in [1.807, 2.05) is 24.3 Å². The van der Waals surface area contributed by atoms with E-state index in [2.05, 4.69) is 18.2 Å². The second-order valence-electron chi connectivity index (χ2n) is 2.75. The van der Waals surface area contributed by atoms with Gasteiger partial charge >= 0.3 is 0 Å². The average molecular weight is 321 g/mol. The van der Waals surface area contributed by atoms with Crippen LogP contribution in [0.4, 0.5) is 0 Å². The minimum absolute atomic E-state index is 0. The van der Waals surface area contributed by atoms with Crippen molar-refractivity contribution in [2.75, 3.05) is 0 Å². The third-order valence-corrected chi connectivity index (χ3v) is 2.02. The largest absolute Gasteiger partial charge is 0.328 e. The van der Waals surface area contributed by atoms with Gasteiger partial charge in [-0.15, -0.1) is 46.7 Å². The summed E-state index contributed by atoms with van der Waals surface area (Å²) in [5, 5.41) is 2.35. The van der Waals surface area contributed by atoms with Crippen molar-refractivity contribution in [3.63, 3.8) is 0 Å². The maximum Gasteiger partial charge on any atom is 0.00130 e. The Kier molecular flexibility index (Phi) is 4.20. The Morgan fingerprint density at radius 1 is 1.15 bits per heavy atom. The molecule has 0 aromatic heterocycles. The molecule has 0 fully saturated rings. The molecule has 2 aromatic carbocycles. The summed E-state index contributed by atoms with van der Waals surface area (Å²) < 4.78 is 0. The minimum atomic E-state index is 0. The van der Waals surface area contributed by atoms with E-state index in [0.717, 1.165) is 5.39 Å². The normalized spacial score (nSPS) is 9.62. The first-order valence-electron chi connectivity index (χ1n) is 4.00. The maximum absolute atomic E-state index is 5.60.